The molecule has 0 saturated heterocycles. The summed E-state index contributed by atoms with van der Waals surface area (Å²) < 4.78 is 5.15. The van der Waals surface area contributed by atoms with Crippen LogP contribution in [0.3, 0.4) is 0 Å². The van der Waals surface area contributed by atoms with Crippen LogP contribution >= 0.6 is 0 Å². The van der Waals surface area contributed by atoms with E-state index in [2.05, 4.69) is 22.2 Å². The number of unbranched alkanes of at least 4 members (excludes halogenated alkanes) is 1. The monoisotopic (exact) mass is 225 g/mol. The molecule has 0 aromatic carbocycles. The van der Waals surface area contributed by atoms with E-state index >= 15 is 0 Å². The minimum atomic E-state index is -0.308. The smallest absolute Gasteiger partial charge is 0.323 e. The van der Waals surface area contributed by atoms with Gasteiger partial charge in [0.15, 0.2) is 0 Å². The van der Waals surface area contributed by atoms with Gasteiger partial charge in [0.25, 0.3) is 0 Å². The van der Waals surface area contributed by atoms with Gasteiger partial charge in [-0.2, -0.15) is 0 Å². The molecule has 0 aliphatic rings. The first-order chi connectivity index (χ1) is 7.77. The predicted molar refractivity (Wildman–Crippen MR) is 61.0 cm³/mol. The van der Waals surface area contributed by atoms with Crippen molar-refractivity contribution < 1.29 is 9.53 Å². The fraction of sp³-hybridized carbons (Fsp3) is 0.636. The van der Waals surface area contributed by atoms with Crippen molar-refractivity contribution in [2.45, 2.75) is 32.2 Å². The Kier molecular flexibility index (Phi) is 5.56. The lowest BCUT2D eigenvalue weighted by molar-refractivity contribution is -0.146. The molecule has 0 radical (unpaired) electrons. The lowest BCUT2D eigenvalue weighted by Crippen LogP contribution is -2.37. The van der Waals surface area contributed by atoms with Crippen molar-refractivity contribution in [3.63, 3.8) is 0 Å². The van der Waals surface area contributed by atoms with Gasteiger partial charge in [-0.3, -0.25) is 4.79 Å². The van der Waals surface area contributed by atoms with E-state index < -0.39 is 0 Å². The van der Waals surface area contributed by atoms with Crippen molar-refractivity contribution in [1.29, 1.82) is 0 Å². The number of ether oxygens (including phenoxy) is 1. The number of aromatic amines is 1. The highest BCUT2D eigenvalue weighted by Crippen LogP contribution is 2.01. The van der Waals surface area contributed by atoms with Gasteiger partial charge in [-0.25, -0.2) is 4.98 Å². The van der Waals surface area contributed by atoms with Crippen LogP contribution in [0.2, 0.25) is 0 Å². The summed E-state index contributed by atoms with van der Waals surface area (Å²) in [5.74, 6) is -0.203. The summed E-state index contributed by atoms with van der Waals surface area (Å²) in [5, 5.41) is 2.94. The van der Waals surface area contributed by atoms with Crippen LogP contribution in [0, 0.1) is 0 Å². The summed E-state index contributed by atoms with van der Waals surface area (Å²) in [6, 6.07) is -0.308. The summed E-state index contributed by atoms with van der Waals surface area (Å²) in [4.78, 5) is 18.5. The van der Waals surface area contributed by atoms with Crippen molar-refractivity contribution in [3.8, 4) is 0 Å². The third-order valence-corrected chi connectivity index (χ3v) is 2.35. The normalized spacial score (nSPS) is 12.4. The topological polar surface area (TPSA) is 67.0 Å². The van der Waals surface area contributed by atoms with Crippen molar-refractivity contribution >= 4 is 5.97 Å². The molecule has 0 saturated carbocycles. The fourth-order valence-electron chi connectivity index (χ4n) is 1.34. The number of nitrogens with one attached hydrogen (secondary N) is 2. The Bertz CT molecular complexity index is 298. The first kappa shape index (κ1) is 12.7. The van der Waals surface area contributed by atoms with Crippen LogP contribution < -0.4 is 5.32 Å². The Morgan fingerprint density at radius 2 is 2.50 bits per heavy atom. The lowest BCUT2D eigenvalue weighted by atomic mass is 10.2. The standard InChI is InChI=1S/C11H19N3O2/c1-3-4-5-16-11(15)10(12-2)6-9-7-13-8-14-9/h7-8,10,12H,3-6H2,1-2H3,(H,13,14)/t10-/m0/s1. The van der Waals surface area contributed by atoms with Gasteiger partial charge in [0.1, 0.15) is 6.04 Å². The number of hydrogen-bond acceptors (Lipinski definition) is 4. The summed E-state index contributed by atoms with van der Waals surface area (Å²) in [6.07, 6.45) is 5.82. The number of aromatic nitrogens is 2. The number of rotatable bonds is 7. The third kappa shape index (κ3) is 4.02. The lowest BCUT2D eigenvalue weighted by Gasteiger charge is -2.14. The van der Waals surface area contributed by atoms with Crippen molar-refractivity contribution in [2.24, 2.45) is 0 Å². The molecule has 1 rings (SSSR count). The number of esters is 1. The predicted octanol–water partition coefficient (Wildman–Crippen LogP) is 0.883. The molecule has 1 aromatic rings. The van der Waals surface area contributed by atoms with Crippen LogP contribution in [-0.4, -0.2) is 35.6 Å². The minimum Gasteiger partial charge on any atom is -0.465 e. The maximum Gasteiger partial charge on any atom is 0.323 e. The summed E-state index contributed by atoms with van der Waals surface area (Å²) in [6.45, 7) is 2.56. The van der Waals surface area contributed by atoms with E-state index in [1.807, 2.05) is 0 Å². The van der Waals surface area contributed by atoms with Crippen molar-refractivity contribution in [2.75, 3.05) is 13.7 Å². The summed E-state index contributed by atoms with van der Waals surface area (Å²) >= 11 is 0. The molecular weight excluding hydrogens is 206 g/mol. The van der Waals surface area contributed by atoms with Crippen LogP contribution in [0.5, 0.6) is 0 Å². The maximum absolute atomic E-state index is 11.7. The largest absolute Gasteiger partial charge is 0.465 e. The van der Waals surface area contributed by atoms with E-state index in [4.69, 9.17) is 4.74 Å². The number of H-pyrrole nitrogens is 1. The highest BCUT2D eigenvalue weighted by molar-refractivity contribution is 5.76. The Hall–Kier alpha value is -1.36. The maximum atomic E-state index is 11.7. The molecule has 0 aliphatic carbocycles. The Labute approximate surface area is 95.6 Å². The van der Waals surface area contributed by atoms with Gasteiger partial charge in [0.05, 0.1) is 12.9 Å². The van der Waals surface area contributed by atoms with E-state index in [1.54, 1.807) is 19.6 Å². The fourth-order valence-corrected chi connectivity index (χ4v) is 1.34. The van der Waals surface area contributed by atoms with Gasteiger partial charge in [-0.1, -0.05) is 13.3 Å². The van der Waals surface area contributed by atoms with Gasteiger partial charge >= 0.3 is 5.97 Å². The van der Waals surface area contributed by atoms with Crippen molar-refractivity contribution in [3.05, 3.63) is 18.2 Å². The van der Waals surface area contributed by atoms with Gasteiger partial charge in [-0.15, -0.1) is 0 Å². The molecule has 0 bridgehead atoms. The molecule has 5 heteroatoms. The molecule has 0 aliphatic heterocycles. The van der Waals surface area contributed by atoms with E-state index in [9.17, 15) is 4.79 Å². The number of nitrogens with zero attached hydrogens (tertiary/aromatic N) is 1. The van der Waals surface area contributed by atoms with Crippen LogP contribution in [0.25, 0.3) is 0 Å². The van der Waals surface area contributed by atoms with E-state index in [-0.39, 0.29) is 12.0 Å². The van der Waals surface area contributed by atoms with Crippen LogP contribution in [0.15, 0.2) is 12.5 Å². The van der Waals surface area contributed by atoms with E-state index in [1.165, 1.54) is 0 Å². The molecule has 0 fully saturated rings. The molecule has 0 spiro atoms. The van der Waals surface area contributed by atoms with Gasteiger partial charge < -0.3 is 15.0 Å². The number of imidazole rings is 1. The van der Waals surface area contributed by atoms with E-state index in [0.717, 1.165) is 18.5 Å². The third-order valence-electron chi connectivity index (χ3n) is 2.35. The average Bonchev–Trinajstić information content (AvgIpc) is 2.78. The average molecular weight is 225 g/mol. The second-order valence-electron chi connectivity index (χ2n) is 3.64. The second-order valence-corrected chi connectivity index (χ2v) is 3.64. The molecule has 2 N–H and O–H groups in total. The summed E-state index contributed by atoms with van der Waals surface area (Å²) in [5.41, 5.74) is 0.923. The minimum absolute atomic E-state index is 0.203. The molecule has 90 valence electrons. The van der Waals surface area contributed by atoms with E-state index in [0.29, 0.717) is 13.0 Å². The first-order valence-corrected chi connectivity index (χ1v) is 5.59. The molecule has 0 amide bonds. The molecule has 1 atom stereocenters. The zero-order valence-corrected chi connectivity index (χ0v) is 9.82. The Balaban J connectivity index is 2.38. The number of carbonyl (C=O) groups excluding carboxylic acids is 1. The van der Waals surface area contributed by atoms with Crippen LogP contribution in [0.1, 0.15) is 25.5 Å². The zero-order valence-electron chi connectivity index (χ0n) is 9.82. The number of hydrogen-bond donors (Lipinski definition) is 2. The Morgan fingerprint density at radius 3 is 3.06 bits per heavy atom. The quantitative estimate of drug-likeness (QED) is 0.534. The first-order valence-electron chi connectivity index (χ1n) is 5.59. The molecule has 1 aromatic heterocycles. The Morgan fingerprint density at radius 1 is 1.69 bits per heavy atom. The highest BCUT2D eigenvalue weighted by Gasteiger charge is 2.18. The summed E-state index contributed by atoms with van der Waals surface area (Å²) in [7, 11) is 1.75. The molecular formula is C11H19N3O2. The van der Waals surface area contributed by atoms with Gasteiger partial charge in [-0.05, 0) is 13.5 Å². The number of likely N-dealkylation sites (N-methyl/N-ethyl adjacent to an activating group) is 1. The van der Waals surface area contributed by atoms with Gasteiger partial charge in [0.2, 0.25) is 0 Å². The van der Waals surface area contributed by atoms with Gasteiger partial charge in [0, 0.05) is 18.3 Å². The molecule has 5 nitrogen and oxygen atoms in total. The zero-order chi connectivity index (χ0) is 11.8. The molecule has 1 heterocycles. The van der Waals surface area contributed by atoms with Crippen LogP contribution in [-0.2, 0) is 16.0 Å². The number of carbonyl (C=O) groups is 1. The highest BCUT2D eigenvalue weighted by atomic mass is 16.5. The molecule has 16 heavy (non-hydrogen) atoms. The van der Waals surface area contributed by atoms with Crippen molar-refractivity contribution in [1.82, 2.24) is 15.3 Å². The second kappa shape index (κ2) is 7.00. The van der Waals surface area contributed by atoms with Crippen LogP contribution in [0.4, 0.5) is 0 Å². The SMILES string of the molecule is CCCCOC(=O)[C@H](Cc1cnc[nH]1)NC. The molecule has 0 unspecified atom stereocenters.